The predicted octanol–water partition coefficient (Wildman–Crippen LogP) is 3.15. The summed E-state index contributed by atoms with van der Waals surface area (Å²) in [7, 11) is -0.697. The van der Waals surface area contributed by atoms with Crippen LogP contribution in [0.3, 0.4) is 0 Å². The maximum absolute atomic E-state index is 13.0. The molecule has 37 heavy (non-hydrogen) atoms. The third-order valence-corrected chi connectivity index (χ3v) is 7.63. The van der Waals surface area contributed by atoms with Gasteiger partial charge in [0.05, 0.1) is 27.9 Å². The van der Waals surface area contributed by atoms with Gasteiger partial charge >= 0.3 is 12.0 Å². The van der Waals surface area contributed by atoms with Crippen molar-refractivity contribution >= 4 is 22.0 Å². The second kappa shape index (κ2) is 10.4. The van der Waals surface area contributed by atoms with Crippen LogP contribution in [0.1, 0.15) is 18.5 Å². The molecular weight excluding hydrogens is 494 g/mol. The van der Waals surface area contributed by atoms with Crippen molar-refractivity contribution in [3.05, 3.63) is 90.3 Å². The summed E-state index contributed by atoms with van der Waals surface area (Å²) >= 11 is 0. The van der Waals surface area contributed by atoms with Gasteiger partial charge in [-0.25, -0.2) is 27.0 Å². The summed E-state index contributed by atoms with van der Waals surface area (Å²) in [6.07, 6.45) is 3.19. The fourth-order valence-electron chi connectivity index (χ4n) is 3.94. The summed E-state index contributed by atoms with van der Waals surface area (Å²) in [4.78, 5) is 25.6. The number of ether oxygens (including phenoxy) is 1. The van der Waals surface area contributed by atoms with Crippen molar-refractivity contribution < 1.29 is 22.7 Å². The first-order chi connectivity index (χ1) is 17.6. The van der Waals surface area contributed by atoms with Crippen LogP contribution >= 0.6 is 0 Å². The Labute approximate surface area is 215 Å². The van der Waals surface area contributed by atoms with Crippen molar-refractivity contribution in [1.82, 2.24) is 24.7 Å². The highest BCUT2D eigenvalue weighted by molar-refractivity contribution is 7.89. The molecule has 1 atom stereocenters. The molecule has 0 bridgehead atoms. The molecule has 0 spiro atoms. The number of nitrogens with zero attached hydrogens (tertiary/aromatic N) is 3. The number of urea groups is 1. The van der Waals surface area contributed by atoms with Gasteiger partial charge in [-0.2, -0.15) is 5.10 Å². The molecule has 192 valence electrons. The zero-order valence-corrected chi connectivity index (χ0v) is 21.5. The molecule has 0 fully saturated rings. The molecule has 0 aliphatic carbocycles. The minimum atomic E-state index is -3.62. The number of rotatable bonds is 8. The van der Waals surface area contributed by atoms with E-state index < -0.39 is 28.1 Å². The Morgan fingerprint density at radius 2 is 1.84 bits per heavy atom. The quantitative estimate of drug-likeness (QED) is 0.347. The lowest BCUT2D eigenvalue weighted by Gasteiger charge is -2.27. The van der Waals surface area contributed by atoms with E-state index >= 15 is 0 Å². The van der Waals surface area contributed by atoms with Crippen LogP contribution in [0.5, 0.6) is 0 Å². The van der Waals surface area contributed by atoms with Gasteiger partial charge in [0.2, 0.25) is 10.0 Å². The third kappa shape index (κ3) is 5.18. The van der Waals surface area contributed by atoms with Crippen LogP contribution in [0.4, 0.5) is 4.79 Å². The van der Waals surface area contributed by atoms with Crippen molar-refractivity contribution in [2.24, 2.45) is 0 Å². The number of benzene rings is 2. The molecule has 0 saturated carbocycles. The zero-order valence-electron chi connectivity index (χ0n) is 20.6. The first kappa shape index (κ1) is 25.9. The summed E-state index contributed by atoms with van der Waals surface area (Å²) in [5, 5.41) is 10.2. The number of aromatic nitrogens is 2. The average molecular weight is 522 g/mol. The predicted molar refractivity (Wildman–Crippen MR) is 138 cm³/mol. The number of carbonyl (C=O) groups is 2. The molecule has 2 aromatic carbocycles. The Hall–Kier alpha value is -4.22. The van der Waals surface area contributed by atoms with E-state index in [1.807, 2.05) is 30.3 Å². The van der Waals surface area contributed by atoms with Gasteiger partial charge in [-0.15, -0.1) is 0 Å². The van der Waals surface area contributed by atoms with E-state index in [1.54, 1.807) is 29.9 Å². The number of nitrogens with one attached hydrogen (secondary N) is 2. The number of allylic oxidation sites excluding steroid dienone is 1. The number of esters is 1. The minimum Gasteiger partial charge on any atom is -0.458 e. The molecule has 1 aromatic heterocycles. The summed E-state index contributed by atoms with van der Waals surface area (Å²) < 4.78 is 33.2. The third-order valence-electron chi connectivity index (χ3n) is 5.80. The fourth-order valence-corrected chi connectivity index (χ4v) is 4.84. The van der Waals surface area contributed by atoms with Gasteiger partial charge in [-0.05, 0) is 31.2 Å². The molecule has 1 aliphatic heterocycles. The first-order valence-corrected chi connectivity index (χ1v) is 12.8. The topological polar surface area (TPSA) is 123 Å². The Balaban J connectivity index is 1.87. The standard InChI is InChI=1S/C26H27N5O5S/c1-5-15-36-25(32)22-17(2)27-26(33)28-24(22)21-16-31(19-9-7-6-8-10-19)29-23(21)18-11-13-20(14-12-18)37(34,35)30(3)4/h5-14,16,24H,1,15H2,2-4H3,(H2,27,28,33)/t24-/m1/s1. The minimum absolute atomic E-state index is 0.00816. The van der Waals surface area contributed by atoms with Crippen molar-refractivity contribution in [2.45, 2.75) is 17.9 Å². The molecular formula is C26H27N5O5S. The molecule has 0 saturated heterocycles. The number of hydrogen-bond acceptors (Lipinski definition) is 6. The van der Waals surface area contributed by atoms with Crippen LogP contribution in [-0.2, 0) is 19.6 Å². The summed E-state index contributed by atoms with van der Waals surface area (Å²) in [5.41, 5.74) is 2.94. The van der Waals surface area contributed by atoms with Crippen molar-refractivity contribution in [1.29, 1.82) is 0 Å². The molecule has 10 nitrogen and oxygen atoms in total. The Kier molecular flexibility index (Phi) is 7.28. The van der Waals surface area contributed by atoms with E-state index in [0.717, 1.165) is 9.99 Å². The van der Waals surface area contributed by atoms with E-state index in [9.17, 15) is 18.0 Å². The van der Waals surface area contributed by atoms with E-state index in [-0.39, 0.29) is 17.1 Å². The van der Waals surface area contributed by atoms with E-state index in [4.69, 9.17) is 9.84 Å². The molecule has 0 unspecified atom stereocenters. The molecule has 4 rings (SSSR count). The highest BCUT2D eigenvalue weighted by Gasteiger charge is 2.35. The van der Waals surface area contributed by atoms with Crippen molar-refractivity contribution in [3.8, 4) is 16.9 Å². The highest BCUT2D eigenvalue weighted by Crippen LogP contribution is 2.35. The average Bonchev–Trinajstić information content (AvgIpc) is 3.33. The van der Waals surface area contributed by atoms with E-state index in [0.29, 0.717) is 22.5 Å². The van der Waals surface area contributed by atoms with Crippen LogP contribution in [0.2, 0.25) is 0 Å². The van der Waals surface area contributed by atoms with Gasteiger partial charge in [0.15, 0.2) is 0 Å². The van der Waals surface area contributed by atoms with Crippen LogP contribution in [0.15, 0.2) is 89.6 Å². The lowest BCUT2D eigenvalue weighted by Crippen LogP contribution is -2.45. The first-order valence-electron chi connectivity index (χ1n) is 11.4. The van der Waals surface area contributed by atoms with Gasteiger partial charge in [0, 0.05) is 37.1 Å². The van der Waals surface area contributed by atoms with Gasteiger partial charge in [-0.1, -0.05) is 43.0 Å². The smallest absolute Gasteiger partial charge is 0.338 e. The normalized spacial score (nSPS) is 15.8. The summed E-state index contributed by atoms with van der Waals surface area (Å²) in [6, 6.07) is 14.3. The monoisotopic (exact) mass is 521 g/mol. The molecule has 2 amide bonds. The maximum atomic E-state index is 13.0. The lowest BCUT2D eigenvalue weighted by atomic mass is 9.94. The maximum Gasteiger partial charge on any atom is 0.338 e. The number of sulfonamides is 1. The largest absolute Gasteiger partial charge is 0.458 e. The molecule has 1 aliphatic rings. The van der Waals surface area contributed by atoms with Crippen molar-refractivity contribution in [3.63, 3.8) is 0 Å². The van der Waals surface area contributed by atoms with Crippen LogP contribution in [0.25, 0.3) is 16.9 Å². The summed E-state index contributed by atoms with van der Waals surface area (Å²) in [5.74, 6) is -0.610. The number of hydrogen-bond donors (Lipinski definition) is 2. The second-order valence-electron chi connectivity index (χ2n) is 8.48. The molecule has 2 N–H and O–H groups in total. The Bertz CT molecular complexity index is 1480. The zero-order chi connectivity index (χ0) is 26.7. The van der Waals surface area contributed by atoms with E-state index in [2.05, 4.69) is 17.2 Å². The van der Waals surface area contributed by atoms with Gasteiger partial charge < -0.3 is 15.4 Å². The van der Waals surface area contributed by atoms with Crippen molar-refractivity contribution in [2.75, 3.05) is 20.7 Å². The second-order valence-corrected chi connectivity index (χ2v) is 10.6. The number of carbonyl (C=O) groups excluding carboxylic acids is 2. The van der Waals surface area contributed by atoms with Gasteiger partial charge in [-0.3, -0.25) is 0 Å². The van der Waals surface area contributed by atoms with Gasteiger partial charge in [0.25, 0.3) is 0 Å². The highest BCUT2D eigenvalue weighted by atomic mass is 32.2. The number of para-hydroxylation sites is 1. The molecule has 0 radical (unpaired) electrons. The van der Waals surface area contributed by atoms with E-state index in [1.165, 1.54) is 32.3 Å². The van der Waals surface area contributed by atoms with Crippen LogP contribution in [-0.4, -0.2) is 55.2 Å². The van der Waals surface area contributed by atoms with Gasteiger partial charge in [0.1, 0.15) is 6.61 Å². The molecule has 11 heteroatoms. The fraction of sp³-hybridized carbons (Fsp3) is 0.192. The molecule has 3 aromatic rings. The summed E-state index contributed by atoms with van der Waals surface area (Å²) in [6.45, 7) is 5.21. The lowest BCUT2D eigenvalue weighted by molar-refractivity contribution is -0.138. The Morgan fingerprint density at radius 3 is 2.46 bits per heavy atom. The molecule has 2 heterocycles. The van der Waals surface area contributed by atoms with Crippen LogP contribution in [0, 0.1) is 0 Å². The Morgan fingerprint density at radius 1 is 1.16 bits per heavy atom. The number of amides is 2. The van der Waals surface area contributed by atoms with Crippen LogP contribution < -0.4 is 10.6 Å². The SMILES string of the molecule is C=CCOC(=O)C1=C(C)NC(=O)N[C@@H]1c1cn(-c2ccccc2)nc1-c1ccc(S(=O)(=O)N(C)C)cc1.